The summed E-state index contributed by atoms with van der Waals surface area (Å²) in [5, 5.41) is 6.02. The molecule has 118 valence electrons. The molecule has 0 N–H and O–H groups in total. The molecule has 22 heavy (non-hydrogen) atoms. The van der Waals surface area contributed by atoms with Crippen LogP contribution in [0.2, 0.25) is 0 Å². The van der Waals surface area contributed by atoms with Gasteiger partial charge >= 0.3 is 0 Å². The van der Waals surface area contributed by atoms with Crippen LogP contribution >= 0.6 is 11.8 Å². The van der Waals surface area contributed by atoms with E-state index in [0.29, 0.717) is 0 Å². The molecule has 0 aromatic carbocycles. The summed E-state index contributed by atoms with van der Waals surface area (Å²) in [6.07, 6.45) is 4.34. The molecule has 0 spiro atoms. The Labute approximate surface area is 137 Å². The number of aryl methyl sites for hydroxylation is 1. The van der Waals surface area contributed by atoms with Gasteiger partial charge in [0, 0.05) is 19.2 Å². The van der Waals surface area contributed by atoms with Crippen molar-refractivity contribution in [3.63, 3.8) is 0 Å². The number of aromatic nitrogens is 2. The maximum atomic E-state index is 4.91. The third-order valence-electron chi connectivity index (χ3n) is 4.28. The highest BCUT2D eigenvalue weighted by molar-refractivity contribution is 7.98. The minimum absolute atomic E-state index is 0.0503. The fraction of sp³-hybridized carbons (Fsp3) is 0.529. The van der Waals surface area contributed by atoms with Gasteiger partial charge in [-0.1, -0.05) is 6.08 Å². The van der Waals surface area contributed by atoms with Gasteiger partial charge in [-0.2, -0.15) is 5.10 Å². The summed E-state index contributed by atoms with van der Waals surface area (Å²) in [6, 6.07) is 0. The quantitative estimate of drug-likeness (QED) is 0.781. The summed E-state index contributed by atoms with van der Waals surface area (Å²) in [7, 11) is 2.02. The molecule has 0 saturated heterocycles. The average molecular weight is 316 g/mol. The number of nitrogens with zero attached hydrogens (tertiary/aromatic N) is 4. The first kappa shape index (κ1) is 15.4. The van der Waals surface area contributed by atoms with Crippen molar-refractivity contribution in [3.8, 4) is 0 Å². The second kappa shape index (κ2) is 5.01. The molecule has 0 unspecified atom stereocenters. The molecule has 4 nitrogen and oxygen atoms in total. The van der Waals surface area contributed by atoms with Crippen molar-refractivity contribution in [1.29, 1.82) is 0 Å². The second-order valence-corrected chi connectivity index (χ2v) is 7.59. The highest BCUT2D eigenvalue weighted by Gasteiger charge is 2.38. The van der Waals surface area contributed by atoms with E-state index in [1.165, 1.54) is 27.4 Å². The molecule has 0 saturated carbocycles. The molecular weight excluding hydrogens is 292 g/mol. The van der Waals surface area contributed by atoms with Gasteiger partial charge in [0.25, 0.3) is 0 Å². The van der Waals surface area contributed by atoms with Crippen molar-refractivity contribution in [2.75, 3.05) is 12.8 Å². The van der Waals surface area contributed by atoms with Gasteiger partial charge in [-0.25, -0.2) is 0 Å². The van der Waals surface area contributed by atoms with E-state index in [1.807, 2.05) is 11.7 Å². The fourth-order valence-electron chi connectivity index (χ4n) is 3.44. The first-order valence-electron chi connectivity index (χ1n) is 7.60. The first-order valence-corrected chi connectivity index (χ1v) is 8.82. The molecule has 0 radical (unpaired) electrons. The lowest BCUT2D eigenvalue weighted by Crippen LogP contribution is -2.34. The monoisotopic (exact) mass is 316 g/mol. The Morgan fingerprint density at radius 2 is 1.91 bits per heavy atom. The number of allylic oxidation sites excluding steroid dienone is 2. The highest BCUT2D eigenvalue weighted by atomic mass is 32.2. The van der Waals surface area contributed by atoms with E-state index in [-0.39, 0.29) is 5.54 Å². The normalized spacial score (nSPS) is 20.2. The number of hydrogen-bond donors (Lipinski definition) is 0. The molecule has 0 fully saturated rings. The zero-order valence-electron chi connectivity index (χ0n) is 14.5. The second-order valence-electron chi connectivity index (χ2n) is 6.80. The van der Waals surface area contributed by atoms with E-state index in [9.17, 15) is 0 Å². The van der Waals surface area contributed by atoms with Crippen LogP contribution < -0.4 is 0 Å². The third kappa shape index (κ3) is 2.22. The Hall–Kier alpha value is -1.49. The molecule has 1 aromatic heterocycles. The van der Waals surface area contributed by atoms with Gasteiger partial charge < -0.3 is 4.90 Å². The number of amidine groups is 1. The number of fused-ring (bicyclic) bond motifs is 1. The Balaban J connectivity index is 2.18. The van der Waals surface area contributed by atoms with E-state index in [4.69, 9.17) is 10.1 Å². The smallest absolute Gasteiger partial charge is 0.131 e. The summed E-state index contributed by atoms with van der Waals surface area (Å²) in [4.78, 5) is 7.26. The van der Waals surface area contributed by atoms with Gasteiger partial charge in [0.2, 0.25) is 0 Å². The number of aliphatic imine (C=N–C) groups is 1. The predicted molar refractivity (Wildman–Crippen MR) is 94.3 cm³/mol. The van der Waals surface area contributed by atoms with Crippen molar-refractivity contribution in [2.45, 2.75) is 45.2 Å². The van der Waals surface area contributed by atoms with Crippen molar-refractivity contribution in [3.05, 3.63) is 28.5 Å². The summed E-state index contributed by atoms with van der Waals surface area (Å²) in [5.41, 5.74) is 6.00. The molecule has 0 amide bonds. The molecule has 0 atom stereocenters. The van der Waals surface area contributed by atoms with Gasteiger partial charge in [0.15, 0.2) is 0 Å². The van der Waals surface area contributed by atoms with Crippen LogP contribution in [-0.4, -0.2) is 38.9 Å². The summed E-state index contributed by atoms with van der Waals surface area (Å²) < 4.78 is 1.98. The fourth-order valence-corrected chi connectivity index (χ4v) is 4.15. The van der Waals surface area contributed by atoms with Gasteiger partial charge in [-0.05, 0) is 52.0 Å². The van der Waals surface area contributed by atoms with Crippen LogP contribution in [0.1, 0.15) is 39.0 Å². The lowest BCUT2D eigenvalue weighted by Gasteiger charge is -2.29. The molecule has 5 heteroatoms. The third-order valence-corrected chi connectivity index (χ3v) is 5.23. The largest absolute Gasteiger partial charge is 0.322 e. The molecule has 2 aliphatic rings. The van der Waals surface area contributed by atoms with Crippen LogP contribution in [0.5, 0.6) is 0 Å². The lowest BCUT2D eigenvalue weighted by atomic mass is 10.00. The van der Waals surface area contributed by atoms with Crippen molar-refractivity contribution in [1.82, 2.24) is 14.7 Å². The Bertz CT molecular complexity index is 734. The Morgan fingerprint density at radius 1 is 1.23 bits per heavy atom. The van der Waals surface area contributed by atoms with Gasteiger partial charge in [0.05, 0.1) is 16.3 Å². The maximum Gasteiger partial charge on any atom is 0.131 e. The van der Waals surface area contributed by atoms with Crippen LogP contribution in [-0.2, 0) is 7.05 Å². The molecule has 3 rings (SSSR count). The topological polar surface area (TPSA) is 33.4 Å². The van der Waals surface area contributed by atoms with Gasteiger partial charge in [-0.15, -0.1) is 11.8 Å². The predicted octanol–water partition coefficient (Wildman–Crippen LogP) is 3.63. The first-order chi connectivity index (χ1) is 10.2. The van der Waals surface area contributed by atoms with E-state index in [1.54, 1.807) is 11.8 Å². The van der Waals surface area contributed by atoms with Crippen LogP contribution in [0, 0.1) is 6.92 Å². The van der Waals surface area contributed by atoms with Crippen molar-refractivity contribution >= 4 is 23.3 Å². The molecule has 1 aromatic rings. The SMILES string of the molecule is CSc1c(C)c(C2=C(C)C=C(C)C3=NC(C)(C)CN32)nn1C. The van der Waals surface area contributed by atoms with Crippen LogP contribution in [0.3, 0.4) is 0 Å². The zero-order valence-corrected chi connectivity index (χ0v) is 15.3. The summed E-state index contributed by atoms with van der Waals surface area (Å²) in [6.45, 7) is 11.8. The molecule has 0 bridgehead atoms. The molecule has 3 heterocycles. The van der Waals surface area contributed by atoms with Crippen LogP contribution in [0.25, 0.3) is 5.70 Å². The van der Waals surface area contributed by atoms with Gasteiger partial charge in [-0.3, -0.25) is 9.67 Å². The molecule has 2 aliphatic heterocycles. The summed E-state index contributed by atoms with van der Waals surface area (Å²) >= 11 is 1.75. The standard InChI is InChI=1S/C17H24N4S/c1-10-8-11(2)15-18-17(4,5)9-21(15)14(10)13-12(3)16(22-7)20(6)19-13/h8H,9H2,1-7H3. The Kier molecular flexibility index (Phi) is 3.51. The molecule has 0 aliphatic carbocycles. The minimum Gasteiger partial charge on any atom is -0.322 e. The average Bonchev–Trinajstić information content (AvgIpc) is 2.87. The van der Waals surface area contributed by atoms with Crippen molar-refractivity contribution < 1.29 is 0 Å². The summed E-state index contributed by atoms with van der Waals surface area (Å²) in [5.74, 6) is 1.10. The number of thioether (sulfide) groups is 1. The lowest BCUT2D eigenvalue weighted by molar-refractivity contribution is 0.459. The minimum atomic E-state index is -0.0503. The van der Waals surface area contributed by atoms with E-state index in [0.717, 1.165) is 18.1 Å². The Morgan fingerprint density at radius 3 is 2.50 bits per heavy atom. The van der Waals surface area contributed by atoms with Crippen LogP contribution in [0.15, 0.2) is 27.2 Å². The highest BCUT2D eigenvalue weighted by Crippen LogP contribution is 2.38. The van der Waals surface area contributed by atoms with Crippen molar-refractivity contribution in [2.24, 2.45) is 12.0 Å². The van der Waals surface area contributed by atoms with E-state index < -0.39 is 0 Å². The number of rotatable bonds is 2. The zero-order chi connectivity index (χ0) is 16.2. The van der Waals surface area contributed by atoms with Gasteiger partial charge in [0.1, 0.15) is 11.5 Å². The molecular formula is C17H24N4S. The van der Waals surface area contributed by atoms with E-state index >= 15 is 0 Å². The maximum absolute atomic E-state index is 4.91. The van der Waals surface area contributed by atoms with E-state index in [2.05, 4.69) is 51.9 Å². The number of hydrogen-bond acceptors (Lipinski definition) is 4. The van der Waals surface area contributed by atoms with Crippen LogP contribution in [0.4, 0.5) is 0 Å².